The van der Waals surface area contributed by atoms with E-state index < -0.39 is 11.7 Å². The SMILES string of the molecule is O=C1c2ccccc2C2(O)ON=C(c3ccccc3)C12. The normalized spacial score (nSPS) is 26.8. The van der Waals surface area contributed by atoms with Gasteiger partial charge in [-0.3, -0.25) is 4.79 Å². The van der Waals surface area contributed by atoms with Gasteiger partial charge in [-0.05, 0) is 0 Å². The molecule has 98 valence electrons. The number of Topliss-reactive ketones (excluding diaryl/α,β-unsaturated/α-hetero) is 1. The number of nitrogens with zero attached hydrogens (tertiary/aromatic N) is 1. The molecule has 0 saturated heterocycles. The highest BCUT2D eigenvalue weighted by molar-refractivity contribution is 6.22. The molecule has 2 aliphatic rings. The second-order valence-electron chi connectivity index (χ2n) is 4.97. The Morgan fingerprint density at radius 2 is 1.75 bits per heavy atom. The summed E-state index contributed by atoms with van der Waals surface area (Å²) in [5, 5.41) is 14.7. The molecule has 1 heterocycles. The molecule has 20 heavy (non-hydrogen) atoms. The molecule has 1 N–H and O–H groups in total. The van der Waals surface area contributed by atoms with Crippen molar-refractivity contribution in [2.45, 2.75) is 5.79 Å². The van der Waals surface area contributed by atoms with E-state index in [1.54, 1.807) is 24.3 Å². The summed E-state index contributed by atoms with van der Waals surface area (Å²) in [5.74, 6) is -2.61. The monoisotopic (exact) mass is 265 g/mol. The summed E-state index contributed by atoms with van der Waals surface area (Å²) in [6.45, 7) is 0. The van der Waals surface area contributed by atoms with E-state index in [1.165, 1.54) is 0 Å². The van der Waals surface area contributed by atoms with Crippen LogP contribution in [0.1, 0.15) is 21.5 Å². The van der Waals surface area contributed by atoms with Gasteiger partial charge in [0.05, 0.1) is 0 Å². The van der Waals surface area contributed by atoms with Gasteiger partial charge in [0.1, 0.15) is 11.6 Å². The van der Waals surface area contributed by atoms with Crippen LogP contribution in [-0.2, 0) is 10.6 Å². The van der Waals surface area contributed by atoms with Gasteiger partial charge in [0.2, 0.25) is 0 Å². The summed E-state index contributed by atoms with van der Waals surface area (Å²) >= 11 is 0. The Balaban J connectivity index is 1.87. The highest BCUT2D eigenvalue weighted by Crippen LogP contribution is 2.47. The Hall–Kier alpha value is -2.46. The van der Waals surface area contributed by atoms with Crippen LogP contribution in [0.25, 0.3) is 0 Å². The van der Waals surface area contributed by atoms with E-state index in [0.717, 1.165) is 5.56 Å². The molecule has 0 fully saturated rings. The average molecular weight is 265 g/mol. The molecule has 2 aromatic rings. The van der Waals surface area contributed by atoms with Crippen LogP contribution in [0.15, 0.2) is 59.8 Å². The van der Waals surface area contributed by atoms with Crippen molar-refractivity contribution >= 4 is 11.5 Å². The van der Waals surface area contributed by atoms with Crippen molar-refractivity contribution < 1.29 is 14.7 Å². The van der Waals surface area contributed by atoms with E-state index in [9.17, 15) is 9.90 Å². The zero-order valence-corrected chi connectivity index (χ0v) is 10.5. The third-order valence-electron chi connectivity index (χ3n) is 3.86. The Bertz CT molecular complexity index is 738. The molecule has 2 aromatic carbocycles. The van der Waals surface area contributed by atoms with E-state index in [4.69, 9.17) is 4.84 Å². The summed E-state index contributed by atoms with van der Waals surface area (Å²) in [5.41, 5.74) is 2.26. The van der Waals surface area contributed by atoms with Gasteiger partial charge in [0.15, 0.2) is 5.78 Å². The number of carbonyl (C=O) groups is 1. The van der Waals surface area contributed by atoms with Crippen LogP contribution in [0.4, 0.5) is 0 Å². The van der Waals surface area contributed by atoms with Gasteiger partial charge >= 0.3 is 0 Å². The van der Waals surface area contributed by atoms with Crippen LogP contribution in [0, 0.1) is 5.92 Å². The van der Waals surface area contributed by atoms with Crippen LogP contribution in [0.3, 0.4) is 0 Å². The standard InChI is InChI=1S/C16H11NO3/c18-15-11-8-4-5-9-12(11)16(19)13(15)14(17-20-16)10-6-2-1-3-7-10/h1-9,13,19H. The zero-order valence-electron chi connectivity index (χ0n) is 10.5. The summed E-state index contributed by atoms with van der Waals surface area (Å²) in [6.07, 6.45) is 0. The maximum Gasteiger partial charge on any atom is 0.277 e. The fourth-order valence-electron chi connectivity index (χ4n) is 2.91. The first-order valence-electron chi connectivity index (χ1n) is 6.39. The van der Waals surface area contributed by atoms with Crippen molar-refractivity contribution in [2.24, 2.45) is 11.1 Å². The molecule has 1 aliphatic carbocycles. The number of ketones is 1. The van der Waals surface area contributed by atoms with E-state index in [1.807, 2.05) is 30.3 Å². The maximum atomic E-state index is 12.5. The van der Waals surface area contributed by atoms with Crippen LogP contribution in [-0.4, -0.2) is 16.6 Å². The van der Waals surface area contributed by atoms with E-state index in [0.29, 0.717) is 16.8 Å². The molecule has 2 atom stereocenters. The lowest BCUT2D eigenvalue weighted by Gasteiger charge is -2.20. The Morgan fingerprint density at radius 1 is 1.05 bits per heavy atom. The maximum absolute atomic E-state index is 12.5. The number of hydrogen-bond donors (Lipinski definition) is 1. The van der Waals surface area contributed by atoms with Gasteiger partial charge in [-0.15, -0.1) is 0 Å². The number of hydrogen-bond acceptors (Lipinski definition) is 4. The third-order valence-corrected chi connectivity index (χ3v) is 3.86. The van der Waals surface area contributed by atoms with Crippen molar-refractivity contribution in [3.8, 4) is 0 Å². The van der Waals surface area contributed by atoms with Gasteiger partial charge in [-0.1, -0.05) is 59.8 Å². The first-order valence-corrected chi connectivity index (χ1v) is 6.39. The zero-order chi connectivity index (χ0) is 13.7. The second kappa shape index (κ2) is 3.77. The van der Waals surface area contributed by atoms with Crippen LogP contribution in [0.2, 0.25) is 0 Å². The van der Waals surface area contributed by atoms with Crippen LogP contribution in [0.5, 0.6) is 0 Å². The minimum atomic E-state index is -1.67. The summed E-state index contributed by atoms with van der Waals surface area (Å²) in [6, 6.07) is 16.3. The molecule has 4 nitrogen and oxygen atoms in total. The number of rotatable bonds is 1. The highest BCUT2D eigenvalue weighted by Gasteiger charge is 2.59. The molecule has 0 spiro atoms. The van der Waals surface area contributed by atoms with E-state index in [2.05, 4.69) is 5.16 Å². The Morgan fingerprint density at radius 3 is 2.55 bits per heavy atom. The number of carbonyl (C=O) groups excluding carboxylic acids is 1. The third kappa shape index (κ3) is 1.29. The molecular formula is C16H11NO3. The van der Waals surface area contributed by atoms with Crippen molar-refractivity contribution in [2.75, 3.05) is 0 Å². The molecule has 0 radical (unpaired) electrons. The number of oxime groups is 1. The van der Waals surface area contributed by atoms with Gasteiger partial charge in [-0.2, -0.15) is 0 Å². The van der Waals surface area contributed by atoms with Gasteiger partial charge in [0, 0.05) is 16.7 Å². The second-order valence-corrected chi connectivity index (χ2v) is 4.97. The van der Waals surface area contributed by atoms with Crippen LogP contribution >= 0.6 is 0 Å². The molecule has 4 heteroatoms. The number of fused-ring (bicyclic) bond motifs is 3. The lowest BCUT2D eigenvalue weighted by molar-refractivity contribution is -0.204. The Kier molecular flexibility index (Phi) is 2.15. The van der Waals surface area contributed by atoms with Gasteiger partial charge in [0.25, 0.3) is 5.79 Å². The average Bonchev–Trinajstić information content (AvgIpc) is 2.95. The molecule has 0 bridgehead atoms. The van der Waals surface area contributed by atoms with E-state index in [-0.39, 0.29) is 5.78 Å². The molecule has 2 unspecified atom stereocenters. The topological polar surface area (TPSA) is 58.9 Å². The Labute approximate surface area is 115 Å². The molecule has 0 amide bonds. The minimum Gasteiger partial charge on any atom is -0.354 e. The molecular weight excluding hydrogens is 254 g/mol. The van der Waals surface area contributed by atoms with Gasteiger partial charge < -0.3 is 9.94 Å². The van der Waals surface area contributed by atoms with E-state index >= 15 is 0 Å². The predicted molar refractivity (Wildman–Crippen MR) is 72.2 cm³/mol. The molecule has 0 aromatic heterocycles. The number of aliphatic hydroxyl groups is 1. The fourth-order valence-corrected chi connectivity index (χ4v) is 2.91. The fraction of sp³-hybridized carbons (Fsp3) is 0.125. The highest BCUT2D eigenvalue weighted by atomic mass is 16.7. The molecule has 1 aliphatic heterocycles. The van der Waals surface area contributed by atoms with Crippen LogP contribution < -0.4 is 0 Å². The van der Waals surface area contributed by atoms with Crippen molar-refractivity contribution in [3.63, 3.8) is 0 Å². The summed E-state index contributed by atoms with van der Waals surface area (Å²) < 4.78 is 0. The summed E-state index contributed by atoms with van der Waals surface area (Å²) in [7, 11) is 0. The quantitative estimate of drug-likeness (QED) is 0.858. The first-order chi connectivity index (χ1) is 9.72. The molecule has 0 saturated carbocycles. The smallest absolute Gasteiger partial charge is 0.277 e. The lowest BCUT2D eigenvalue weighted by Crippen LogP contribution is -2.35. The molecule has 4 rings (SSSR count). The number of benzene rings is 2. The minimum absolute atomic E-state index is 0.150. The predicted octanol–water partition coefficient (Wildman–Crippen LogP) is 2.08. The lowest BCUT2D eigenvalue weighted by atomic mass is 9.90. The van der Waals surface area contributed by atoms with Crippen molar-refractivity contribution in [1.82, 2.24) is 0 Å². The van der Waals surface area contributed by atoms with Crippen molar-refractivity contribution in [3.05, 3.63) is 71.3 Å². The first kappa shape index (κ1) is 11.4. The van der Waals surface area contributed by atoms with Gasteiger partial charge in [-0.25, -0.2) is 0 Å². The summed E-state index contributed by atoms with van der Waals surface area (Å²) in [4.78, 5) is 17.8. The largest absolute Gasteiger partial charge is 0.354 e. The van der Waals surface area contributed by atoms with Crippen molar-refractivity contribution in [1.29, 1.82) is 0 Å².